The Kier molecular flexibility index (Phi) is 4.29. The van der Waals surface area contributed by atoms with Gasteiger partial charge in [-0.2, -0.15) is 0 Å². The van der Waals surface area contributed by atoms with Crippen molar-refractivity contribution in [2.75, 3.05) is 0 Å². The van der Waals surface area contributed by atoms with Crippen molar-refractivity contribution in [3.8, 4) is 0 Å². The van der Waals surface area contributed by atoms with Crippen LogP contribution in [0.1, 0.15) is 58.1 Å². The van der Waals surface area contributed by atoms with Gasteiger partial charge in [-0.05, 0) is 58.1 Å². The summed E-state index contributed by atoms with van der Waals surface area (Å²) in [5, 5.41) is 0. The van der Waals surface area contributed by atoms with E-state index in [2.05, 4.69) is 94.4 Å². The second-order valence-electron chi connectivity index (χ2n) is 9.67. The summed E-state index contributed by atoms with van der Waals surface area (Å²) in [7, 11) is 0. The first kappa shape index (κ1) is 19.3. The van der Waals surface area contributed by atoms with Gasteiger partial charge in [0, 0.05) is 22.3 Å². The van der Waals surface area contributed by atoms with Gasteiger partial charge in [0.2, 0.25) is 0 Å². The van der Waals surface area contributed by atoms with Gasteiger partial charge in [-0.1, -0.05) is 89.0 Å². The minimum absolute atomic E-state index is 0.00578. The summed E-state index contributed by atoms with van der Waals surface area (Å²) in [6.45, 7) is 8.91. The number of hydrogen-bond donors (Lipinski definition) is 0. The first-order valence-corrected chi connectivity index (χ1v) is 11.1. The van der Waals surface area contributed by atoms with Crippen LogP contribution in [0.5, 0.6) is 0 Å². The van der Waals surface area contributed by atoms with Crippen LogP contribution in [0.2, 0.25) is 0 Å². The Morgan fingerprint density at radius 1 is 0.733 bits per heavy atom. The Morgan fingerprint density at radius 3 is 1.97 bits per heavy atom. The molecule has 30 heavy (non-hydrogen) atoms. The number of fused-ring (bicyclic) bond motifs is 3. The fourth-order valence-corrected chi connectivity index (χ4v) is 6.60. The van der Waals surface area contributed by atoms with E-state index in [4.69, 9.17) is 0 Å². The molecule has 152 valence electrons. The van der Waals surface area contributed by atoms with E-state index in [0.717, 1.165) is 24.8 Å². The molecule has 0 amide bonds. The van der Waals surface area contributed by atoms with Crippen LogP contribution in [0, 0.1) is 5.92 Å². The van der Waals surface area contributed by atoms with E-state index >= 15 is 0 Å². The summed E-state index contributed by atoms with van der Waals surface area (Å²) in [6, 6.07) is 21.8. The lowest BCUT2D eigenvalue weighted by Gasteiger charge is -2.53. The maximum absolute atomic E-state index is 14.1. The predicted octanol–water partition coefficient (Wildman–Crippen LogP) is 6.86. The van der Waals surface area contributed by atoms with Crippen LogP contribution in [-0.2, 0) is 15.6 Å². The van der Waals surface area contributed by atoms with E-state index in [0.29, 0.717) is 5.78 Å². The standard InChI is InChI=1S/C29H30O/c1-19-15-25-27(30)26-16-20(2)22(4)18-29(26,24-13-9-6-10-14-24)28(25,17-21(19)3)23-11-7-5-8-12-23/h5-15,26H,16-18H2,1-4H3/t26-,28-,29-/m1/s1. The fourth-order valence-electron chi connectivity index (χ4n) is 6.60. The van der Waals surface area contributed by atoms with Crippen molar-refractivity contribution in [2.45, 2.75) is 57.8 Å². The van der Waals surface area contributed by atoms with Gasteiger partial charge in [0.15, 0.2) is 5.78 Å². The van der Waals surface area contributed by atoms with Gasteiger partial charge in [-0.3, -0.25) is 4.79 Å². The Morgan fingerprint density at radius 2 is 1.33 bits per heavy atom. The zero-order chi connectivity index (χ0) is 21.1. The highest BCUT2D eigenvalue weighted by molar-refractivity contribution is 6.06. The van der Waals surface area contributed by atoms with Crippen molar-refractivity contribution in [1.29, 1.82) is 0 Å². The lowest BCUT2D eigenvalue weighted by molar-refractivity contribution is -0.119. The van der Waals surface area contributed by atoms with E-state index in [9.17, 15) is 4.79 Å². The minimum atomic E-state index is -0.317. The second-order valence-corrected chi connectivity index (χ2v) is 9.67. The van der Waals surface area contributed by atoms with E-state index < -0.39 is 0 Å². The van der Waals surface area contributed by atoms with Gasteiger partial charge in [-0.25, -0.2) is 0 Å². The zero-order valence-corrected chi connectivity index (χ0v) is 18.5. The summed E-state index contributed by atoms with van der Waals surface area (Å²) in [4.78, 5) is 14.1. The molecule has 0 aromatic heterocycles. The average molecular weight is 395 g/mol. The third kappa shape index (κ3) is 2.32. The summed E-state index contributed by atoms with van der Waals surface area (Å²) in [5.41, 5.74) is 8.57. The van der Waals surface area contributed by atoms with Crippen LogP contribution in [0.15, 0.2) is 94.6 Å². The first-order valence-electron chi connectivity index (χ1n) is 11.1. The topological polar surface area (TPSA) is 17.1 Å². The molecule has 0 radical (unpaired) electrons. The van der Waals surface area contributed by atoms with Crippen LogP contribution in [0.3, 0.4) is 0 Å². The van der Waals surface area contributed by atoms with Gasteiger partial charge >= 0.3 is 0 Å². The molecular formula is C29H30O. The molecule has 3 aliphatic rings. The maximum Gasteiger partial charge on any atom is 0.164 e. The molecule has 1 saturated carbocycles. The molecule has 1 nitrogen and oxygen atoms in total. The van der Waals surface area contributed by atoms with Gasteiger partial charge in [0.05, 0.1) is 0 Å². The second kappa shape index (κ2) is 6.67. The fraction of sp³-hybridized carbons (Fsp3) is 0.345. The van der Waals surface area contributed by atoms with Crippen molar-refractivity contribution >= 4 is 5.78 Å². The van der Waals surface area contributed by atoms with Gasteiger partial charge in [-0.15, -0.1) is 0 Å². The molecule has 3 aliphatic carbocycles. The number of carbonyl (C=O) groups is 1. The van der Waals surface area contributed by atoms with Crippen LogP contribution in [-0.4, -0.2) is 5.78 Å². The number of rotatable bonds is 2. The number of hydrogen-bond acceptors (Lipinski definition) is 1. The summed E-state index contributed by atoms with van der Waals surface area (Å²) in [5.74, 6) is 0.357. The van der Waals surface area contributed by atoms with E-state index in [1.807, 2.05) is 0 Å². The quantitative estimate of drug-likeness (QED) is 0.509. The Balaban J connectivity index is 1.92. The molecule has 1 fully saturated rings. The molecule has 0 heterocycles. The van der Waals surface area contributed by atoms with Gasteiger partial charge < -0.3 is 0 Å². The normalized spacial score (nSPS) is 30.9. The Hall–Kier alpha value is -2.67. The average Bonchev–Trinajstić information content (AvgIpc) is 2.96. The molecule has 5 rings (SSSR count). The molecule has 0 bridgehead atoms. The molecule has 0 saturated heterocycles. The molecular weight excluding hydrogens is 364 g/mol. The molecule has 3 atom stereocenters. The molecule has 2 aromatic carbocycles. The highest BCUT2D eigenvalue weighted by Gasteiger charge is 2.68. The number of allylic oxidation sites excluding steroid dienone is 6. The number of benzene rings is 2. The number of ketones is 1. The van der Waals surface area contributed by atoms with Crippen molar-refractivity contribution in [2.24, 2.45) is 5.92 Å². The van der Waals surface area contributed by atoms with Crippen molar-refractivity contribution in [3.05, 3.63) is 106 Å². The highest BCUT2D eigenvalue weighted by Crippen LogP contribution is 2.68. The smallest absolute Gasteiger partial charge is 0.164 e. The zero-order valence-electron chi connectivity index (χ0n) is 18.5. The molecule has 0 unspecified atom stereocenters. The lowest BCUT2D eigenvalue weighted by atomic mass is 9.48. The lowest BCUT2D eigenvalue weighted by Crippen LogP contribution is -2.51. The summed E-state index contributed by atoms with van der Waals surface area (Å²) >= 11 is 0. The van der Waals surface area contributed by atoms with Crippen LogP contribution in [0.4, 0.5) is 0 Å². The van der Waals surface area contributed by atoms with E-state index in [-0.39, 0.29) is 16.7 Å². The molecule has 1 heteroatoms. The van der Waals surface area contributed by atoms with Crippen molar-refractivity contribution < 1.29 is 4.79 Å². The molecule has 0 aliphatic heterocycles. The Bertz CT molecular complexity index is 1120. The van der Waals surface area contributed by atoms with Gasteiger partial charge in [0.25, 0.3) is 0 Å². The molecule has 2 aromatic rings. The monoisotopic (exact) mass is 394 g/mol. The van der Waals surface area contributed by atoms with Crippen molar-refractivity contribution in [1.82, 2.24) is 0 Å². The maximum atomic E-state index is 14.1. The highest BCUT2D eigenvalue weighted by atomic mass is 16.1. The van der Waals surface area contributed by atoms with Gasteiger partial charge in [0.1, 0.15) is 0 Å². The third-order valence-corrected chi connectivity index (χ3v) is 8.30. The number of Topliss-reactive ketones (excluding diaryl/α,β-unsaturated/α-hetero) is 1. The SMILES string of the molecule is CC1=C(C)C[C@@]2(c3ccccc3)C(=C1)C(=O)[C@H]1CC(C)=C(C)C[C@@]12c1ccccc1. The summed E-state index contributed by atoms with van der Waals surface area (Å²) < 4.78 is 0. The minimum Gasteiger partial charge on any atom is -0.294 e. The van der Waals surface area contributed by atoms with E-state index in [1.165, 1.54) is 33.4 Å². The summed E-state index contributed by atoms with van der Waals surface area (Å²) in [6.07, 6.45) is 4.95. The first-order chi connectivity index (χ1) is 14.4. The third-order valence-electron chi connectivity index (χ3n) is 8.30. The molecule has 0 spiro atoms. The molecule has 0 N–H and O–H groups in total. The van der Waals surface area contributed by atoms with E-state index in [1.54, 1.807) is 0 Å². The predicted molar refractivity (Wildman–Crippen MR) is 123 cm³/mol. The van der Waals surface area contributed by atoms with Crippen LogP contribution in [0.25, 0.3) is 0 Å². The Labute approximate surface area is 180 Å². The number of carbonyl (C=O) groups excluding carboxylic acids is 1. The van der Waals surface area contributed by atoms with Crippen molar-refractivity contribution in [3.63, 3.8) is 0 Å². The van der Waals surface area contributed by atoms with Crippen LogP contribution >= 0.6 is 0 Å². The van der Waals surface area contributed by atoms with Crippen LogP contribution < -0.4 is 0 Å². The largest absolute Gasteiger partial charge is 0.294 e.